The quantitative estimate of drug-likeness (QED) is 0.308. The summed E-state index contributed by atoms with van der Waals surface area (Å²) in [5.74, 6) is 0.508. The first kappa shape index (κ1) is 22.3. The molecular formula is C23H27N3O2S2. The summed E-state index contributed by atoms with van der Waals surface area (Å²) in [6.45, 7) is 12.2. The molecule has 1 unspecified atom stereocenters. The zero-order chi connectivity index (χ0) is 21.8. The van der Waals surface area contributed by atoms with Crippen LogP contribution in [0, 0.1) is 12.8 Å². The van der Waals surface area contributed by atoms with E-state index in [1.54, 1.807) is 10.6 Å². The number of fused-ring (bicyclic) bond motifs is 1. The Morgan fingerprint density at radius 1 is 1.30 bits per heavy atom. The van der Waals surface area contributed by atoms with Crippen LogP contribution >= 0.6 is 23.1 Å². The molecule has 0 spiro atoms. The number of hydrogen-bond acceptors (Lipinski definition) is 5. The van der Waals surface area contributed by atoms with Gasteiger partial charge in [0, 0.05) is 17.5 Å². The molecule has 5 nitrogen and oxygen atoms in total. The van der Waals surface area contributed by atoms with Crippen molar-refractivity contribution >= 4 is 39.2 Å². The lowest BCUT2D eigenvalue weighted by Crippen LogP contribution is -2.37. The maximum Gasteiger partial charge on any atom is 0.263 e. The number of rotatable bonds is 8. The Hall–Kier alpha value is -2.38. The number of amides is 1. The molecule has 158 valence electrons. The SMILES string of the molecule is C=CCn1c(SCC(=O)NC(C)C(C)C)nc2sc(-c3ccccc3)c(C)c2c1=O. The summed E-state index contributed by atoms with van der Waals surface area (Å²) in [4.78, 5) is 32.1. The topological polar surface area (TPSA) is 64.0 Å². The second kappa shape index (κ2) is 9.62. The van der Waals surface area contributed by atoms with E-state index in [-0.39, 0.29) is 23.3 Å². The highest BCUT2D eigenvalue weighted by atomic mass is 32.2. The molecule has 1 amide bonds. The van der Waals surface area contributed by atoms with E-state index < -0.39 is 0 Å². The molecule has 0 saturated heterocycles. The van der Waals surface area contributed by atoms with Crippen molar-refractivity contribution in [2.24, 2.45) is 5.92 Å². The Labute approximate surface area is 185 Å². The summed E-state index contributed by atoms with van der Waals surface area (Å²) in [5, 5.41) is 4.18. The average molecular weight is 442 g/mol. The van der Waals surface area contributed by atoms with Gasteiger partial charge in [-0.25, -0.2) is 4.98 Å². The smallest absolute Gasteiger partial charge is 0.263 e. The van der Waals surface area contributed by atoms with Crippen LogP contribution in [0.3, 0.4) is 0 Å². The molecule has 0 aliphatic carbocycles. The van der Waals surface area contributed by atoms with Crippen molar-refractivity contribution in [2.45, 2.75) is 45.4 Å². The van der Waals surface area contributed by atoms with Crippen molar-refractivity contribution in [1.29, 1.82) is 0 Å². The molecule has 7 heteroatoms. The van der Waals surface area contributed by atoms with Gasteiger partial charge in [-0.3, -0.25) is 14.2 Å². The number of allylic oxidation sites excluding steroid dienone is 1. The van der Waals surface area contributed by atoms with E-state index >= 15 is 0 Å². The van der Waals surface area contributed by atoms with Gasteiger partial charge in [-0.15, -0.1) is 17.9 Å². The molecule has 3 aromatic rings. The monoisotopic (exact) mass is 441 g/mol. The minimum Gasteiger partial charge on any atom is -0.353 e. The molecule has 3 rings (SSSR count). The van der Waals surface area contributed by atoms with Crippen LogP contribution < -0.4 is 10.9 Å². The zero-order valence-corrected chi connectivity index (χ0v) is 19.4. The van der Waals surface area contributed by atoms with Gasteiger partial charge in [0.2, 0.25) is 5.91 Å². The Morgan fingerprint density at radius 2 is 2.00 bits per heavy atom. The highest BCUT2D eigenvalue weighted by Gasteiger charge is 2.19. The van der Waals surface area contributed by atoms with Gasteiger partial charge >= 0.3 is 0 Å². The molecule has 2 aromatic heterocycles. The lowest BCUT2D eigenvalue weighted by Gasteiger charge is -2.17. The maximum atomic E-state index is 13.3. The van der Waals surface area contributed by atoms with Crippen LogP contribution in [0.5, 0.6) is 0 Å². The van der Waals surface area contributed by atoms with Crippen LogP contribution in [0.25, 0.3) is 20.7 Å². The van der Waals surface area contributed by atoms with Crippen molar-refractivity contribution in [3.05, 3.63) is 58.9 Å². The Balaban J connectivity index is 1.98. The third-order valence-electron chi connectivity index (χ3n) is 5.08. The van der Waals surface area contributed by atoms with Crippen molar-refractivity contribution in [3.63, 3.8) is 0 Å². The van der Waals surface area contributed by atoms with E-state index in [0.717, 1.165) is 16.0 Å². The first-order chi connectivity index (χ1) is 14.3. The van der Waals surface area contributed by atoms with E-state index in [4.69, 9.17) is 4.98 Å². The van der Waals surface area contributed by atoms with E-state index in [9.17, 15) is 9.59 Å². The van der Waals surface area contributed by atoms with Crippen molar-refractivity contribution < 1.29 is 4.79 Å². The minimum atomic E-state index is -0.0886. The molecule has 30 heavy (non-hydrogen) atoms. The largest absolute Gasteiger partial charge is 0.353 e. The number of aromatic nitrogens is 2. The number of benzene rings is 1. The summed E-state index contributed by atoms with van der Waals surface area (Å²) in [7, 11) is 0. The van der Waals surface area contributed by atoms with Crippen molar-refractivity contribution in [1.82, 2.24) is 14.9 Å². The molecule has 0 aliphatic rings. The second-order valence-corrected chi connectivity index (χ2v) is 9.53. The van der Waals surface area contributed by atoms with Gasteiger partial charge in [-0.2, -0.15) is 0 Å². The first-order valence-corrected chi connectivity index (χ1v) is 11.8. The van der Waals surface area contributed by atoms with Gasteiger partial charge < -0.3 is 5.32 Å². The lowest BCUT2D eigenvalue weighted by molar-refractivity contribution is -0.119. The molecule has 1 N–H and O–H groups in total. The number of carbonyl (C=O) groups is 1. The standard InChI is InChI=1S/C23H27N3O2S2/c1-6-12-26-22(28)19-15(4)20(17-10-8-7-9-11-17)30-21(19)25-23(26)29-13-18(27)24-16(5)14(2)3/h6-11,14,16H,1,12-13H2,2-5H3,(H,24,27). The number of hydrogen-bond donors (Lipinski definition) is 1. The number of thiophene rings is 1. The highest BCUT2D eigenvalue weighted by Crippen LogP contribution is 2.36. The number of aryl methyl sites for hydroxylation is 1. The first-order valence-electron chi connectivity index (χ1n) is 9.95. The van der Waals surface area contributed by atoms with Crippen molar-refractivity contribution in [2.75, 3.05) is 5.75 Å². The van der Waals surface area contributed by atoms with Crippen LogP contribution in [-0.2, 0) is 11.3 Å². The molecule has 2 heterocycles. The number of thioether (sulfide) groups is 1. The average Bonchev–Trinajstić information content (AvgIpc) is 3.06. The van der Waals surface area contributed by atoms with Crippen LogP contribution in [0.4, 0.5) is 0 Å². The Kier molecular flexibility index (Phi) is 7.15. The highest BCUT2D eigenvalue weighted by molar-refractivity contribution is 7.99. The zero-order valence-electron chi connectivity index (χ0n) is 17.8. The fourth-order valence-corrected chi connectivity index (χ4v) is 5.10. The normalized spacial score (nSPS) is 12.3. The molecule has 1 atom stereocenters. The van der Waals surface area contributed by atoms with Gasteiger partial charge in [0.25, 0.3) is 5.56 Å². The van der Waals surface area contributed by atoms with Crippen molar-refractivity contribution in [3.8, 4) is 10.4 Å². The molecule has 1 aromatic carbocycles. The summed E-state index contributed by atoms with van der Waals surface area (Å²) in [6.07, 6.45) is 1.68. The number of nitrogens with one attached hydrogen (secondary N) is 1. The molecule has 0 bridgehead atoms. The van der Waals surface area contributed by atoms with Crippen LogP contribution in [0.15, 0.2) is 52.9 Å². The molecule has 0 radical (unpaired) electrons. The summed E-state index contributed by atoms with van der Waals surface area (Å²) < 4.78 is 1.60. The third kappa shape index (κ3) is 4.68. The number of carbonyl (C=O) groups excluding carboxylic acids is 1. The lowest BCUT2D eigenvalue weighted by atomic mass is 10.1. The van der Waals surface area contributed by atoms with Gasteiger partial charge in [0.05, 0.1) is 11.1 Å². The van der Waals surface area contributed by atoms with E-state index in [2.05, 4.69) is 25.7 Å². The van der Waals surface area contributed by atoms with Crippen LogP contribution in [-0.4, -0.2) is 27.3 Å². The van der Waals surface area contributed by atoms with Crippen LogP contribution in [0.2, 0.25) is 0 Å². The van der Waals surface area contributed by atoms with Crippen LogP contribution in [0.1, 0.15) is 26.3 Å². The molecule has 0 aliphatic heterocycles. The predicted molar refractivity (Wildman–Crippen MR) is 127 cm³/mol. The van der Waals surface area contributed by atoms with Gasteiger partial charge in [0.1, 0.15) is 4.83 Å². The van der Waals surface area contributed by atoms with Gasteiger partial charge in [-0.05, 0) is 30.9 Å². The van der Waals surface area contributed by atoms with Gasteiger partial charge in [0.15, 0.2) is 5.16 Å². The molecule has 0 saturated carbocycles. The third-order valence-corrected chi connectivity index (χ3v) is 7.30. The minimum absolute atomic E-state index is 0.0620. The fourth-order valence-electron chi connectivity index (χ4n) is 3.06. The maximum absolute atomic E-state index is 13.3. The Bertz CT molecular complexity index is 1120. The summed E-state index contributed by atoms with van der Waals surface area (Å²) in [5.41, 5.74) is 1.93. The summed E-state index contributed by atoms with van der Waals surface area (Å²) >= 11 is 2.80. The summed E-state index contributed by atoms with van der Waals surface area (Å²) in [6, 6.07) is 10.1. The number of nitrogens with zero attached hydrogens (tertiary/aromatic N) is 2. The second-order valence-electron chi connectivity index (χ2n) is 7.59. The van der Waals surface area contributed by atoms with Gasteiger partial charge in [-0.1, -0.05) is 62.0 Å². The molecule has 0 fully saturated rings. The van der Waals surface area contributed by atoms with E-state index in [1.807, 2.05) is 44.2 Å². The fraction of sp³-hybridized carbons (Fsp3) is 0.348. The van der Waals surface area contributed by atoms with E-state index in [0.29, 0.717) is 27.8 Å². The Morgan fingerprint density at radius 3 is 2.63 bits per heavy atom. The van der Waals surface area contributed by atoms with E-state index in [1.165, 1.54) is 23.1 Å². The molecular weight excluding hydrogens is 414 g/mol. The predicted octanol–water partition coefficient (Wildman–Crippen LogP) is 4.87.